The highest BCUT2D eigenvalue weighted by Gasteiger charge is 2.36. The molecule has 1 aliphatic heterocycles. The summed E-state index contributed by atoms with van der Waals surface area (Å²) in [6.07, 6.45) is -3.83. The van der Waals surface area contributed by atoms with Crippen LogP contribution in [0.25, 0.3) is 0 Å². The third-order valence-corrected chi connectivity index (χ3v) is 4.06. The lowest BCUT2D eigenvalue weighted by Crippen LogP contribution is -2.18. The smallest absolute Gasteiger partial charge is 0.377 e. The molecule has 2 atom stereocenters. The fourth-order valence-electron chi connectivity index (χ4n) is 1.71. The monoisotopic (exact) mass is 294 g/mol. The number of hydrogen-bond donors (Lipinski definition) is 2. The van der Waals surface area contributed by atoms with Crippen molar-refractivity contribution in [3.8, 4) is 0 Å². The summed E-state index contributed by atoms with van der Waals surface area (Å²) in [5, 5.41) is 0.319. The maximum absolute atomic E-state index is 12.6. The van der Waals surface area contributed by atoms with Crippen LogP contribution in [0.1, 0.15) is 19.2 Å². The van der Waals surface area contributed by atoms with Gasteiger partial charge < -0.3 is 10.2 Å². The van der Waals surface area contributed by atoms with E-state index < -0.39 is 12.0 Å². The van der Waals surface area contributed by atoms with Crippen LogP contribution in [0, 0.1) is 0 Å². The Balaban J connectivity index is 2.24. The van der Waals surface area contributed by atoms with E-state index in [0.29, 0.717) is 6.61 Å². The molecule has 0 aliphatic carbocycles. The van der Waals surface area contributed by atoms with Gasteiger partial charge in [-0.25, -0.2) is 15.8 Å². The summed E-state index contributed by atoms with van der Waals surface area (Å²) in [7, 11) is 0. The number of alkyl halides is 3. The van der Waals surface area contributed by atoms with E-state index in [4.69, 9.17) is 10.6 Å². The Hall–Kier alpha value is -1.06. The molecule has 9 heteroatoms. The van der Waals surface area contributed by atoms with Crippen LogP contribution in [-0.4, -0.2) is 27.9 Å². The molecule has 0 spiro atoms. The number of halogens is 3. The first-order valence-electron chi connectivity index (χ1n) is 5.61. The highest BCUT2D eigenvalue weighted by Crippen LogP contribution is 2.34. The number of nitrogen functional groups attached to an aromatic ring is 1. The van der Waals surface area contributed by atoms with Crippen molar-refractivity contribution in [1.82, 2.24) is 9.97 Å². The van der Waals surface area contributed by atoms with Gasteiger partial charge in [-0.2, -0.15) is 13.2 Å². The minimum Gasteiger partial charge on any atom is -0.377 e. The Labute approximate surface area is 112 Å². The summed E-state index contributed by atoms with van der Waals surface area (Å²) in [5.41, 5.74) is 2.12. The van der Waals surface area contributed by atoms with E-state index in [9.17, 15) is 13.2 Å². The fourth-order valence-corrected chi connectivity index (χ4v) is 2.82. The summed E-state index contributed by atoms with van der Waals surface area (Å²) >= 11 is 1.25. The van der Waals surface area contributed by atoms with Crippen molar-refractivity contribution < 1.29 is 17.9 Å². The molecule has 0 saturated carbocycles. The van der Waals surface area contributed by atoms with E-state index in [0.717, 1.165) is 6.42 Å². The molecule has 1 fully saturated rings. The molecule has 19 heavy (non-hydrogen) atoms. The lowest BCUT2D eigenvalue weighted by Gasteiger charge is -2.14. The van der Waals surface area contributed by atoms with E-state index in [1.54, 1.807) is 0 Å². The molecule has 106 valence electrons. The Morgan fingerprint density at radius 3 is 2.74 bits per heavy atom. The van der Waals surface area contributed by atoms with Crippen LogP contribution < -0.4 is 11.3 Å². The van der Waals surface area contributed by atoms with Gasteiger partial charge in [0.05, 0.1) is 6.10 Å². The molecule has 1 aromatic rings. The first-order chi connectivity index (χ1) is 8.90. The molecule has 2 rings (SSSR count). The predicted molar refractivity (Wildman–Crippen MR) is 64.5 cm³/mol. The van der Waals surface area contributed by atoms with E-state index in [2.05, 4.69) is 15.4 Å². The van der Waals surface area contributed by atoms with Gasteiger partial charge in [-0.05, 0) is 13.3 Å². The number of thioether (sulfide) groups is 1. The summed E-state index contributed by atoms with van der Waals surface area (Å²) < 4.78 is 43.3. The van der Waals surface area contributed by atoms with Crippen LogP contribution in [-0.2, 0) is 10.9 Å². The Morgan fingerprint density at radius 2 is 2.21 bits per heavy atom. The number of nitrogens with one attached hydrogen (secondary N) is 1. The first kappa shape index (κ1) is 14.4. The third-order valence-electron chi connectivity index (χ3n) is 2.68. The quantitative estimate of drug-likeness (QED) is 0.505. The largest absolute Gasteiger partial charge is 0.451 e. The SMILES string of the molecule is CC1OCCC1Sc1cc(NN)nc(C(F)(F)F)n1. The summed E-state index contributed by atoms with van der Waals surface area (Å²) in [6.45, 7) is 2.50. The zero-order valence-corrected chi connectivity index (χ0v) is 10.9. The van der Waals surface area contributed by atoms with Crippen molar-refractivity contribution in [1.29, 1.82) is 0 Å². The number of nitrogens with zero attached hydrogens (tertiary/aromatic N) is 2. The maximum atomic E-state index is 12.6. The average molecular weight is 294 g/mol. The average Bonchev–Trinajstić information content (AvgIpc) is 2.73. The number of nitrogens with two attached hydrogens (primary N) is 1. The lowest BCUT2D eigenvalue weighted by atomic mass is 10.3. The van der Waals surface area contributed by atoms with Gasteiger partial charge in [0.1, 0.15) is 10.8 Å². The van der Waals surface area contributed by atoms with Gasteiger partial charge in [-0.3, -0.25) is 0 Å². The standard InChI is InChI=1S/C10H13F3N4OS/c1-5-6(2-3-18-5)19-8-4-7(17-14)15-9(16-8)10(11,12)13/h4-6H,2-3,14H2,1H3,(H,15,16,17). The number of anilines is 1. The number of hydrazine groups is 1. The van der Waals surface area contributed by atoms with E-state index in [1.165, 1.54) is 17.8 Å². The maximum Gasteiger partial charge on any atom is 0.451 e. The highest BCUT2D eigenvalue weighted by molar-refractivity contribution is 7.99. The molecule has 1 aliphatic rings. The third kappa shape index (κ3) is 3.48. The molecule has 1 saturated heterocycles. The topological polar surface area (TPSA) is 73.1 Å². The van der Waals surface area contributed by atoms with Crippen LogP contribution in [0.3, 0.4) is 0 Å². The van der Waals surface area contributed by atoms with E-state index in [1.807, 2.05) is 6.92 Å². The van der Waals surface area contributed by atoms with Gasteiger partial charge in [-0.1, -0.05) is 0 Å². The van der Waals surface area contributed by atoms with Crippen molar-refractivity contribution in [2.45, 2.75) is 35.9 Å². The van der Waals surface area contributed by atoms with Gasteiger partial charge in [0.2, 0.25) is 5.82 Å². The minimum atomic E-state index is -4.60. The zero-order valence-electron chi connectivity index (χ0n) is 10.1. The summed E-state index contributed by atoms with van der Waals surface area (Å²) in [4.78, 5) is 6.83. The molecular formula is C10H13F3N4OS. The Kier molecular flexibility index (Phi) is 4.16. The van der Waals surface area contributed by atoms with Crippen molar-refractivity contribution in [3.05, 3.63) is 11.9 Å². The predicted octanol–water partition coefficient (Wildman–Crippen LogP) is 2.05. The van der Waals surface area contributed by atoms with Crippen molar-refractivity contribution >= 4 is 17.6 Å². The zero-order chi connectivity index (χ0) is 14.0. The molecule has 2 heterocycles. The van der Waals surface area contributed by atoms with Gasteiger partial charge in [0.15, 0.2) is 0 Å². The molecule has 0 amide bonds. The van der Waals surface area contributed by atoms with Crippen molar-refractivity contribution in [2.24, 2.45) is 5.84 Å². The van der Waals surface area contributed by atoms with Crippen LogP contribution in [0.5, 0.6) is 0 Å². The Bertz CT molecular complexity index is 457. The summed E-state index contributed by atoms with van der Waals surface area (Å²) in [5.74, 6) is 3.87. The number of rotatable bonds is 3. The van der Waals surface area contributed by atoms with Gasteiger partial charge in [-0.15, -0.1) is 11.8 Å². The lowest BCUT2D eigenvalue weighted by molar-refractivity contribution is -0.145. The molecular weight excluding hydrogens is 281 g/mol. The van der Waals surface area contributed by atoms with Gasteiger partial charge >= 0.3 is 6.18 Å². The molecule has 2 unspecified atom stereocenters. The highest BCUT2D eigenvalue weighted by atomic mass is 32.2. The molecule has 3 N–H and O–H groups in total. The normalized spacial score (nSPS) is 23.6. The van der Waals surface area contributed by atoms with Crippen molar-refractivity contribution in [2.75, 3.05) is 12.0 Å². The first-order valence-corrected chi connectivity index (χ1v) is 6.49. The van der Waals surface area contributed by atoms with Crippen molar-refractivity contribution in [3.63, 3.8) is 0 Å². The van der Waals surface area contributed by atoms with Gasteiger partial charge in [0, 0.05) is 17.9 Å². The van der Waals surface area contributed by atoms with Crippen LogP contribution in [0.4, 0.5) is 19.0 Å². The van der Waals surface area contributed by atoms with E-state index in [-0.39, 0.29) is 22.2 Å². The number of aromatic nitrogens is 2. The van der Waals surface area contributed by atoms with Crippen LogP contribution >= 0.6 is 11.8 Å². The van der Waals surface area contributed by atoms with Gasteiger partial charge in [0.25, 0.3) is 0 Å². The second-order valence-corrected chi connectivity index (χ2v) is 5.34. The number of ether oxygens (including phenoxy) is 1. The molecule has 1 aromatic heterocycles. The molecule has 5 nitrogen and oxygen atoms in total. The fraction of sp³-hybridized carbons (Fsp3) is 0.600. The number of hydrogen-bond acceptors (Lipinski definition) is 6. The second kappa shape index (κ2) is 5.51. The van der Waals surface area contributed by atoms with Crippen LogP contribution in [0.15, 0.2) is 11.1 Å². The Morgan fingerprint density at radius 1 is 1.47 bits per heavy atom. The van der Waals surface area contributed by atoms with Crippen LogP contribution in [0.2, 0.25) is 0 Å². The minimum absolute atomic E-state index is 0.0106. The molecule has 0 bridgehead atoms. The summed E-state index contributed by atoms with van der Waals surface area (Å²) in [6, 6.07) is 1.39. The van der Waals surface area contributed by atoms with E-state index >= 15 is 0 Å². The molecule has 0 radical (unpaired) electrons. The molecule has 0 aromatic carbocycles. The second-order valence-electron chi connectivity index (χ2n) is 4.08.